The Morgan fingerprint density at radius 1 is 0.514 bits per heavy atom. The van der Waals surface area contributed by atoms with E-state index in [9.17, 15) is 0 Å². The third-order valence-electron chi connectivity index (χ3n) is 5.77. The van der Waals surface area contributed by atoms with Gasteiger partial charge in [-0.05, 0) is 115 Å². The molecule has 5 nitrogen and oxygen atoms in total. The van der Waals surface area contributed by atoms with E-state index in [1.54, 1.807) is 0 Å². The van der Waals surface area contributed by atoms with E-state index in [1.807, 2.05) is 20.8 Å². The van der Waals surface area contributed by atoms with E-state index in [0.29, 0.717) is 5.41 Å². The standard InChI is InChI=1S/C15H32N2Si.C10H21ClN2Si.C4H11N/c1-13(2,3)12-18-16(14(4,5)6)10-11-17(18)15(7,8)9;1-9(2,3)12-7-8-13(14(12)11)10(4,5)6;1-4(2,3)5/h10-11,18H,12H2,1-9H3;7-8,14H,1-6H3;5H2,1-3H3. The van der Waals surface area contributed by atoms with E-state index in [2.05, 4.69) is 147 Å². The monoisotopic (exact) mass is 573 g/mol. The van der Waals surface area contributed by atoms with Crippen molar-refractivity contribution in [2.45, 2.75) is 158 Å². The Labute approximate surface area is 240 Å². The van der Waals surface area contributed by atoms with Crippen molar-refractivity contribution in [1.82, 2.24) is 18.3 Å². The van der Waals surface area contributed by atoms with Crippen LogP contribution in [0.1, 0.15) is 125 Å². The zero-order chi connectivity index (χ0) is 30.0. The van der Waals surface area contributed by atoms with Crippen molar-refractivity contribution in [2.75, 3.05) is 0 Å². The van der Waals surface area contributed by atoms with Crippen LogP contribution < -0.4 is 5.73 Å². The Bertz CT molecular complexity index is 702. The quantitative estimate of drug-likeness (QED) is 0.263. The van der Waals surface area contributed by atoms with Crippen LogP contribution in [0.3, 0.4) is 0 Å². The first-order valence-corrected chi connectivity index (χ1v) is 18.5. The van der Waals surface area contributed by atoms with Gasteiger partial charge in [0, 0.05) is 52.5 Å². The number of halogens is 1. The minimum atomic E-state index is -1.50. The van der Waals surface area contributed by atoms with Crippen molar-refractivity contribution in [3.8, 4) is 0 Å². The van der Waals surface area contributed by atoms with E-state index >= 15 is 0 Å². The summed E-state index contributed by atoms with van der Waals surface area (Å²) < 4.78 is 9.90. The molecule has 2 aliphatic heterocycles. The second-order valence-corrected chi connectivity index (χ2v) is 22.2. The molecular weight excluding hydrogens is 510 g/mol. The van der Waals surface area contributed by atoms with Crippen LogP contribution in [0.25, 0.3) is 0 Å². The summed E-state index contributed by atoms with van der Waals surface area (Å²) in [5, 5.41) is 0. The van der Waals surface area contributed by atoms with Gasteiger partial charge in [0.1, 0.15) is 0 Å². The average molecular weight is 574 g/mol. The molecule has 0 saturated heterocycles. The highest BCUT2D eigenvalue weighted by Crippen LogP contribution is 2.35. The summed E-state index contributed by atoms with van der Waals surface area (Å²) in [5.41, 5.74) is 6.49. The molecule has 220 valence electrons. The minimum absolute atomic E-state index is 0. The maximum atomic E-state index is 6.54. The van der Waals surface area contributed by atoms with Gasteiger partial charge in [0.05, 0.1) is 0 Å². The second-order valence-electron chi connectivity index (χ2n) is 16.8. The maximum absolute atomic E-state index is 6.54. The molecule has 0 unspecified atom stereocenters. The molecule has 0 atom stereocenters. The van der Waals surface area contributed by atoms with Crippen LogP contribution in [0, 0.1) is 5.41 Å². The molecule has 0 radical (unpaired) electrons. The molecule has 0 aliphatic carbocycles. The molecular formula is C29H64ClN5Si2. The lowest BCUT2D eigenvalue weighted by molar-refractivity contribution is 0.269. The number of hydrogen-bond acceptors (Lipinski definition) is 5. The Morgan fingerprint density at radius 2 is 0.730 bits per heavy atom. The molecule has 2 aliphatic rings. The van der Waals surface area contributed by atoms with Gasteiger partial charge in [-0.2, -0.15) is 0 Å². The van der Waals surface area contributed by atoms with Crippen molar-refractivity contribution < 1.29 is 0 Å². The summed E-state index contributed by atoms with van der Waals surface area (Å²) in [6.45, 7) is 40.1. The molecule has 37 heavy (non-hydrogen) atoms. The molecule has 2 N–H and O–H groups in total. The SMILES string of the molecule is CC(C)(C)C[SiH]1N(C(C)(C)C)C=CN1C(C)(C)C.CC(C)(C)N.CC(C)(C)N1C=CN(C(C)(C)C)[SiH]1Cl. The molecule has 8 heteroatoms. The van der Waals surface area contributed by atoms with Crippen LogP contribution in [0.5, 0.6) is 0 Å². The Hall–Kier alpha value is -0.636. The summed E-state index contributed by atoms with van der Waals surface area (Å²) in [6, 6.07) is 1.31. The first-order valence-electron chi connectivity index (χ1n) is 13.9. The molecule has 0 saturated carbocycles. The van der Waals surface area contributed by atoms with Crippen LogP contribution in [0.4, 0.5) is 0 Å². The Kier molecular flexibility index (Phi) is 12.0. The summed E-state index contributed by atoms with van der Waals surface area (Å²) in [5.74, 6) is 0. The number of nitrogens with zero attached hydrogens (tertiary/aromatic N) is 4. The first kappa shape index (κ1) is 36.4. The summed E-state index contributed by atoms with van der Waals surface area (Å²) in [6.07, 6.45) is 8.92. The highest BCUT2D eigenvalue weighted by Gasteiger charge is 2.41. The summed E-state index contributed by atoms with van der Waals surface area (Å²) >= 11 is 6.54. The van der Waals surface area contributed by atoms with Gasteiger partial charge in [0.2, 0.25) is 9.12 Å². The zero-order valence-corrected chi connectivity index (χ0v) is 31.0. The molecule has 0 spiro atoms. The van der Waals surface area contributed by atoms with Crippen LogP contribution in [0.2, 0.25) is 6.04 Å². The van der Waals surface area contributed by atoms with E-state index in [4.69, 9.17) is 16.8 Å². The fourth-order valence-electron chi connectivity index (χ4n) is 4.07. The van der Waals surface area contributed by atoms with Gasteiger partial charge in [-0.25, -0.2) is 0 Å². The van der Waals surface area contributed by atoms with Gasteiger partial charge in [0.15, 0.2) is 0 Å². The largest absolute Gasteiger partial charge is 0.383 e. The van der Waals surface area contributed by atoms with Crippen molar-refractivity contribution in [3.63, 3.8) is 0 Å². The molecule has 0 amide bonds. The van der Waals surface area contributed by atoms with Crippen molar-refractivity contribution in [2.24, 2.45) is 11.1 Å². The molecule has 0 fully saturated rings. The minimum Gasteiger partial charge on any atom is -0.383 e. The second kappa shape index (κ2) is 12.3. The highest BCUT2D eigenvalue weighted by molar-refractivity contribution is 7.04. The van der Waals surface area contributed by atoms with Crippen LogP contribution >= 0.6 is 11.1 Å². The van der Waals surface area contributed by atoms with Gasteiger partial charge in [-0.1, -0.05) is 20.8 Å². The fraction of sp³-hybridized carbons (Fsp3) is 0.862. The summed E-state index contributed by atoms with van der Waals surface area (Å²) in [7, 11) is -2.63. The topological polar surface area (TPSA) is 39.0 Å². The van der Waals surface area contributed by atoms with Gasteiger partial charge in [0.25, 0.3) is 0 Å². The number of hydrogen-bond donors (Lipinski definition) is 1. The van der Waals surface area contributed by atoms with Gasteiger partial charge in [-0.15, -0.1) is 11.1 Å². The number of nitrogens with two attached hydrogens (primary N) is 1. The van der Waals surface area contributed by atoms with Crippen molar-refractivity contribution in [1.29, 1.82) is 0 Å². The normalized spacial score (nSPS) is 18.3. The van der Waals surface area contributed by atoms with E-state index < -0.39 is 17.5 Å². The molecule has 0 aromatic rings. The third kappa shape index (κ3) is 13.3. The van der Waals surface area contributed by atoms with Crippen molar-refractivity contribution in [3.05, 3.63) is 24.8 Å². The zero-order valence-electron chi connectivity index (χ0n) is 27.9. The molecule has 0 bridgehead atoms. The molecule has 2 rings (SSSR count). The summed E-state index contributed by atoms with van der Waals surface area (Å²) in [4.78, 5) is 0. The first-order chi connectivity index (χ1) is 16.0. The van der Waals surface area contributed by atoms with Gasteiger partial charge in [-0.3, -0.25) is 0 Å². The lowest BCUT2D eigenvalue weighted by Gasteiger charge is -2.46. The Balaban J connectivity index is 0.000000605. The molecule has 0 aromatic heterocycles. The average Bonchev–Trinajstić information content (AvgIpc) is 3.14. The predicted octanol–water partition coefficient (Wildman–Crippen LogP) is 7.31. The van der Waals surface area contributed by atoms with Crippen LogP contribution in [-0.2, 0) is 0 Å². The van der Waals surface area contributed by atoms with E-state index in [-0.39, 0.29) is 27.7 Å². The van der Waals surface area contributed by atoms with Crippen LogP contribution in [0.15, 0.2) is 24.8 Å². The smallest absolute Gasteiger partial charge is 0.349 e. The third-order valence-corrected chi connectivity index (χ3v) is 14.6. The van der Waals surface area contributed by atoms with E-state index in [1.165, 1.54) is 6.04 Å². The van der Waals surface area contributed by atoms with E-state index in [0.717, 1.165) is 0 Å². The molecule has 2 heterocycles. The lowest BCUT2D eigenvalue weighted by Crippen LogP contribution is -2.57. The predicted molar refractivity (Wildman–Crippen MR) is 173 cm³/mol. The van der Waals surface area contributed by atoms with Crippen molar-refractivity contribution >= 4 is 28.6 Å². The fourth-order valence-corrected chi connectivity index (χ4v) is 12.3. The maximum Gasteiger partial charge on any atom is 0.349 e. The van der Waals surface area contributed by atoms with Gasteiger partial charge >= 0.3 is 8.43 Å². The highest BCUT2D eigenvalue weighted by atomic mass is 35.6. The number of rotatable bonds is 1. The Morgan fingerprint density at radius 3 is 0.892 bits per heavy atom. The van der Waals surface area contributed by atoms with Crippen LogP contribution in [-0.4, -0.2) is 63.5 Å². The lowest BCUT2D eigenvalue weighted by atomic mass is 10.0. The molecule has 0 aromatic carbocycles. The van der Waals surface area contributed by atoms with Gasteiger partial charge < -0.3 is 24.0 Å².